The number of benzene rings is 2. The Balaban J connectivity index is 2.70. The lowest BCUT2D eigenvalue weighted by molar-refractivity contribution is 0.100. The van der Waals surface area contributed by atoms with Gasteiger partial charge in [-0.15, -0.1) is 0 Å². The van der Waals surface area contributed by atoms with E-state index in [2.05, 4.69) is 19.9 Å². The second-order valence-electron chi connectivity index (χ2n) is 4.81. The van der Waals surface area contributed by atoms with Gasteiger partial charge in [0.1, 0.15) is 0 Å². The van der Waals surface area contributed by atoms with Gasteiger partial charge >= 0.3 is 0 Å². The van der Waals surface area contributed by atoms with Crippen molar-refractivity contribution in [1.29, 1.82) is 0 Å². The molecule has 2 heteroatoms. The van der Waals surface area contributed by atoms with Gasteiger partial charge < -0.3 is 5.73 Å². The van der Waals surface area contributed by atoms with E-state index in [1.165, 1.54) is 5.56 Å². The van der Waals surface area contributed by atoms with Gasteiger partial charge in [-0.1, -0.05) is 56.3 Å². The van der Waals surface area contributed by atoms with Crippen LogP contribution in [0.2, 0.25) is 0 Å². The van der Waals surface area contributed by atoms with Crippen molar-refractivity contribution in [3.8, 4) is 11.1 Å². The molecule has 0 aliphatic carbocycles. The highest BCUT2D eigenvalue weighted by molar-refractivity contribution is 6.00. The molecule has 0 fully saturated rings. The molecule has 0 saturated carbocycles. The summed E-state index contributed by atoms with van der Waals surface area (Å²) in [6.07, 6.45) is 1.03. The molecule has 1 atom stereocenters. The Bertz CT molecular complexity index is 575. The van der Waals surface area contributed by atoms with Gasteiger partial charge in [0.05, 0.1) is 0 Å². The van der Waals surface area contributed by atoms with Gasteiger partial charge in [-0.25, -0.2) is 0 Å². The molecule has 0 saturated heterocycles. The molecule has 0 aliphatic heterocycles. The average molecular weight is 253 g/mol. The van der Waals surface area contributed by atoms with Crippen LogP contribution in [-0.4, -0.2) is 5.91 Å². The molecule has 0 spiro atoms. The Morgan fingerprint density at radius 1 is 1.11 bits per heavy atom. The first-order valence-corrected chi connectivity index (χ1v) is 6.63. The highest BCUT2D eigenvalue weighted by atomic mass is 16.1. The zero-order chi connectivity index (χ0) is 13.8. The van der Waals surface area contributed by atoms with E-state index in [0.717, 1.165) is 17.5 Å². The van der Waals surface area contributed by atoms with Crippen molar-refractivity contribution < 1.29 is 4.79 Å². The molecule has 98 valence electrons. The van der Waals surface area contributed by atoms with Crippen molar-refractivity contribution in [3.63, 3.8) is 0 Å². The van der Waals surface area contributed by atoms with E-state index in [1.807, 2.05) is 36.4 Å². The molecule has 2 aromatic rings. The van der Waals surface area contributed by atoms with E-state index in [9.17, 15) is 4.79 Å². The molecule has 0 aromatic heterocycles. The molecule has 2 nitrogen and oxygen atoms in total. The lowest BCUT2D eigenvalue weighted by Crippen LogP contribution is -2.14. The zero-order valence-electron chi connectivity index (χ0n) is 11.4. The third kappa shape index (κ3) is 2.68. The fraction of sp³-hybridized carbons (Fsp3) is 0.235. The SMILES string of the molecule is CCC(C)c1cccc(C(N)=O)c1-c1ccccc1. The van der Waals surface area contributed by atoms with Crippen molar-refractivity contribution in [1.82, 2.24) is 0 Å². The van der Waals surface area contributed by atoms with Gasteiger partial charge in [0, 0.05) is 5.56 Å². The molecule has 0 aliphatic rings. The van der Waals surface area contributed by atoms with Crippen LogP contribution in [0.15, 0.2) is 48.5 Å². The maximum atomic E-state index is 11.7. The molecule has 1 unspecified atom stereocenters. The van der Waals surface area contributed by atoms with E-state index in [1.54, 1.807) is 6.07 Å². The minimum atomic E-state index is -0.371. The first kappa shape index (κ1) is 13.3. The highest BCUT2D eigenvalue weighted by Gasteiger charge is 2.17. The molecule has 2 rings (SSSR count). The number of primary amides is 1. The molecule has 0 bridgehead atoms. The normalized spacial score (nSPS) is 12.1. The molecule has 2 aromatic carbocycles. The van der Waals surface area contributed by atoms with Gasteiger partial charge in [-0.05, 0) is 35.1 Å². The fourth-order valence-corrected chi connectivity index (χ4v) is 2.33. The summed E-state index contributed by atoms with van der Waals surface area (Å²) in [4.78, 5) is 11.7. The summed E-state index contributed by atoms with van der Waals surface area (Å²) in [6.45, 7) is 4.32. The molecule has 19 heavy (non-hydrogen) atoms. The predicted octanol–water partition coefficient (Wildman–Crippen LogP) is 3.97. The topological polar surface area (TPSA) is 43.1 Å². The lowest BCUT2D eigenvalue weighted by Gasteiger charge is -2.17. The maximum absolute atomic E-state index is 11.7. The number of carbonyl (C=O) groups is 1. The third-order valence-electron chi connectivity index (χ3n) is 3.57. The number of carbonyl (C=O) groups excluding carboxylic acids is 1. The molecule has 2 N–H and O–H groups in total. The van der Waals surface area contributed by atoms with Crippen molar-refractivity contribution >= 4 is 5.91 Å². The quantitative estimate of drug-likeness (QED) is 0.880. The number of rotatable bonds is 4. The van der Waals surface area contributed by atoms with Crippen molar-refractivity contribution in [2.75, 3.05) is 0 Å². The molecular weight excluding hydrogens is 234 g/mol. The van der Waals surface area contributed by atoms with Crippen molar-refractivity contribution in [2.45, 2.75) is 26.2 Å². The summed E-state index contributed by atoms with van der Waals surface area (Å²) in [6, 6.07) is 15.8. The summed E-state index contributed by atoms with van der Waals surface area (Å²) in [5.41, 5.74) is 9.33. The maximum Gasteiger partial charge on any atom is 0.249 e. The van der Waals surface area contributed by atoms with E-state index in [4.69, 9.17) is 5.73 Å². The largest absolute Gasteiger partial charge is 0.366 e. The van der Waals surface area contributed by atoms with E-state index in [-0.39, 0.29) is 5.91 Å². The van der Waals surface area contributed by atoms with E-state index >= 15 is 0 Å². The number of nitrogens with two attached hydrogens (primary N) is 1. The monoisotopic (exact) mass is 253 g/mol. The number of hydrogen-bond acceptors (Lipinski definition) is 1. The third-order valence-corrected chi connectivity index (χ3v) is 3.57. The summed E-state index contributed by atoms with van der Waals surface area (Å²) in [7, 11) is 0. The number of hydrogen-bond donors (Lipinski definition) is 1. The Hall–Kier alpha value is -2.09. The van der Waals surface area contributed by atoms with Crippen molar-refractivity contribution in [3.05, 3.63) is 59.7 Å². The summed E-state index contributed by atoms with van der Waals surface area (Å²) >= 11 is 0. The molecule has 0 heterocycles. The Morgan fingerprint density at radius 3 is 2.37 bits per heavy atom. The van der Waals surface area contributed by atoms with Crippen LogP contribution >= 0.6 is 0 Å². The standard InChI is InChI=1S/C17H19NO/c1-3-12(2)14-10-7-11-15(17(18)19)16(14)13-8-5-4-6-9-13/h4-12H,3H2,1-2H3,(H2,18,19). The highest BCUT2D eigenvalue weighted by Crippen LogP contribution is 2.33. The Labute approximate surface area is 114 Å². The van der Waals surface area contributed by atoms with Crippen LogP contribution < -0.4 is 5.73 Å². The minimum Gasteiger partial charge on any atom is -0.366 e. The molecule has 1 amide bonds. The molecule has 0 radical (unpaired) electrons. The lowest BCUT2D eigenvalue weighted by atomic mass is 9.87. The van der Waals surface area contributed by atoms with Crippen molar-refractivity contribution in [2.24, 2.45) is 5.73 Å². The van der Waals surface area contributed by atoms with Gasteiger partial charge in [0.15, 0.2) is 0 Å². The number of amides is 1. The summed E-state index contributed by atoms with van der Waals surface area (Å²) < 4.78 is 0. The Morgan fingerprint density at radius 2 is 1.79 bits per heavy atom. The second kappa shape index (κ2) is 5.70. The zero-order valence-corrected chi connectivity index (χ0v) is 11.4. The van der Waals surface area contributed by atoms with E-state index in [0.29, 0.717) is 11.5 Å². The van der Waals surface area contributed by atoms with Crippen LogP contribution in [0.4, 0.5) is 0 Å². The van der Waals surface area contributed by atoms with Gasteiger partial charge in [-0.2, -0.15) is 0 Å². The fourth-order valence-electron chi connectivity index (χ4n) is 2.33. The molecular formula is C17H19NO. The first-order chi connectivity index (χ1) is 9.15. The van der Waals surface area contributed by atoms with Gasteiger partial charge in [0.25, 0.3) is 0 Å². The summed E-state index contributed by atoms with van der Waals surface area (Å²) in [5.74, 6) is 0.0264. The van der Waals surface area contributed by atoms with Crippen LogP contribution in [0.3, 0.4) is 0 Å². The van der Waals surface area contributed by atoms with Crippen LogP contribution in [0.5, 0.6) is 0 Å². The van der Waals surface area contributed by atoms with Crippen LogP contribution in [-0.2, 0) is 0 Å². The second-order valence-corrected chi connectivity index (χ2v) is 4.81. The Kier molecular flexibility index (Phi) is 4.00. The van der Waals surface area contributed by atoms with Crippen LogP contribution in [0.1, 0.15) is 42.1 Å². The predicted molar refractivity (Wildman–Crippen MR) is 79.1 cm³/mol. The first-order valence-electron chi connectivity index (χ1n) is 6.63. The summed E-state index contributed by atoms with van der Waals surface area (Å²) in [5, 5.41) is 0. The van der Waals surface area contributed by atoms with Gasteiger partial charge in [-0.3, -0.25) is 4.79 Å². The average Bonchev–Trinajstić information content (AvgIpc) is 2.46. The van der Waals surface area contributed by atoms with Crippen LogP contribution in [0.25, 0.3) is 11.1 Å². The van der Waals surface area contributed by atoms with Gasteiger partial charge in [0.2, 0.25) is 5.91 Å². The minimum absolute atomic E-state index is 0.371. The smallest absolute Gasteiger partial charge is 0.249 e. The van der Waals surface area contributed by atoms with Crippen LogP contribution in [0, 0.1) is 0 Å². The van der Waals surface area contributed by atoms with E-state index < -0.39 is 0 Å².